The van der Waals surface area contributed by atoms with Crippen molar-refractivity contribution in [3.05, 3.63) is 50.9 Å². The van der Waals surface area contributed by atoms with Gasteiger partial charge in [-0.25, -0.2) is 4.98 Å². The molecule has 112 valence electrons. The fraction of sp³-hybridized carbons (Fsp3) is 0.333. The summed E-state index contributed by atoms with van der Waals surface area (Å²) in [6.45, 7) is 2.49. The Morgan fingerprint density at radius 2 is 2.19 bits per heavy atom. The first-order valence-electron chi connectivity index (χ1n) is 6.70. The molecule has 0 aliphatic heterocycles. The van der Waals surface area contributed by atoms with Gasteiger partial charge in [-0.15, -0.1) is 11.3 Å². The van der Waals surface area contributed by atoms with E-state index in [1.807, 2.05) is 31.2 Å². The third kappa shape index (κ3) is 3.61. The Hall–Kier alpha value is -1.43. The fourth-order valence-corrected chi connectivity index (χ4v) is 3.11. The lowest BCUT2D eigenvalue weighted by molar-refractivity contribution is 0.0737. The average molecular weight is 324 g/mol. The molecule has 0 saturated heterocycles. The van der Waals surface area contributed by atoms with Crippen molar-refractivity contribution in [2.24, 2.45) is 5.73 Å². The molecule has 0 bridgehead atoms. The van der Waals surface area contributed by atoms with Crippen LogP contribution in [0, 0.1) is 0 Å². The first-order chi connectivity index (χ1) is 10.0. The second-order valence-electron chi connectivity index (χ2n) is 4.78. The van der Waals surface area contributed by atoms with Crippen LogP contribution >= 0.6 is 22.9 Å². The summed E-state index contributed by atoms with van der Waals surface area (Å²) in [5.74, 6) is -0.109. The van der Waals surface area contributed by atoms with Crippen molar-refractivity contribution in [3.63, 3.8) is 0 Å². The molecule has 0 fully saturated rings. The average Bonchev–Trinajstić information content (AvgIpc) is 2.94. The van der Waals surface area contributed by atoms with E-state index >= 15 is 0 Å². The van der Waals surface area contributed by atoms with Gasteiger partial charge in [0, 0.05) is 23.9 Å². The summed E-state index contributed by atoms with van der Waals surface area (Å²) in [4.78, 5) is 18.5. The molecular weight excluding hydrogens is 306 g/mol. The van der Waals surface area contributed by atoms with Crippen LogP contribution in [0.5, 0.6) is 0 Å². The lowest BCUT2D eigenvalue weighted by atomic mass is 10.1. The Bertz CT molecular complexity index is 629. The number of rotatable bonds is 5. The van der Waals surface area contributed by atoms with Gasteiger partial charge >= 0.3 is 0 Å². The smallest absolute Gasteiger partial charge is 0.273 e. The van der Waals surface area contributed by atoms with E-state index in [4.69, 9.17) is 17.3 Å². The topological polar surface area (TPSA) is 59.2 Å². The van der Waals surface area contributed by atoms with Crippen LogP contribution in [0.3, 0.4) is 0 Å². The van der Waals surface area contributed by atoms with Crippen LogP contribution in [-0.4, -0.2) is 29.4 Å². The molecule has 2 rings (SSSR count). The number of hydrogen-bond acceptors (Lipinski definition) is 4. The monoisotopic (exact) mass is 323 g/mol. The maximum absolute atomic E-state index is 12.5. The second-order valence-corrected chi connectivity index (χ2v) is 6.13. The first kappa shape index (κ1) is 15.9. The lowest BCUT2D eigenvalue weighted by Crippen LogP contribution is -2.30. The quantitative estimate of drug-likeness (QED) is 0.919. The van der Waals surface area contributed by atoms with Crippen LogP contribution in [0.1, 0.15) is 34.0 Å². The molecule has 1 heterocycles. The Labute approximate surface area is 133 Å². The highest BCUT2D eigenvalue weighted by Gasteiger charge is 2.22. The number of carbonyl (C=O) groups excluding carboxylic acids is 1. The zero-order chi connectivity index (χ0) is 15.4. The van der Waals surface area contributed by atoms with Gasteiger partial charge in [0.2, 0.25) is 0 Å². The Morgan fingerprint density at radius 1 is 1.48 bits per heavy atom. The molecule has 1 aromatic heterocycles. The van der Waals surface area contributed by atoms with E-state index in [2.05, 4.69) is 4.98 Å². The molecule has 2 aromatic rings. The van der Waals surface area contributed by atoms with E-state index in [9.17, 15) is 4.79 Å². The number of carbonyl (C=O) groups is 1. The zero-order valence-corrected chi connectivity index (χ0v) is 13.6. The minimum Gasteiger partial charge on any atom is -0.334 e. The number of benzene rings is 1. The number of hydrogen-bond donors (Lipinski definition) is 1. The van der Waals surface area contributed by atoms with Crippen molar-refractivity contribution in [1.82, 2.24) is 9.88 Å². The van der Waals surface area contributed by atoms with Crippen LogP contribution in [0.2, 0.25) is 5.02 Å². The molecule has 1 aromatic carbocycles. The summed E-state index contributed by atoms with van der Waals surface area (Å²) in [5, 5.41) is 3.33. The summed E-state index contributed by atoms with van der Waals surface area (Å²) < 4.78 is 0. The first-order valence-corrected chi connectivity index (χ1v) is 7.96. The summed E-state index contributed by atoms with van der Waals surface area (Å²) in [7, 11) is 1.76. The van der Waals surface area contributed by atoms with Gasteiger partial charge in [-0.2, -0.15) is 0 Å². The Morgan fingerprint density at radius 3 is 2.86 bits per heavy atom. The maximum Gasteiger partial charge on any atom is 0.273 e. The lowest BCUT2D eigenvalue weighted by Gasteiger charge is -2.25. The molecule has 1 unspecified atom stereocenters. The molecule has 1 atom stereocenters. The van der Waals surface area contributed by atoms with E-state index in [0.29, 0.717) is 23.7 Å². The molecule has 0 spiro atoms. The van der Waals surface area contributed by atoms with Crippen LogP contribution < -0.4 is 5.73 Å². The van der Waals surface area contributed by atoms with E-state index in [1.54, 1.807) is 17.3 Å². The molecule has 0 radical (unpaired) electrons. The summed E-state index contributed by atoms with van der Waals surface area (Å²) in [5.41, 5.74) is 6.89. The van der Waals surface area contributed by atoms with Gasteiger partial charge in [0.25, 0.3) is 5.91 Å². The Balaban J connectivity index is 2.16. The van der Waals surface area contributed by atoms with Crippen molar-refractivity contribution in [2.75, 3.05) is 13.6 Å². The van der Waals surface area contributed by atoms with Gasteiger partial charge in [-0.3, -0.25) is 4.79 Å². The maximum atomic E-state index is 12.5. The molecular formula is C15H18ClN3OS. The zero-order valence-electron chi connectivity index (χ0n) is 12.0. The number of nitrogens with zero attached hydrogens (tertiary/aromatic N) is 2. The molecule has 0 saturated carbocycles. The van der Waals surface area contributed by atoms with Gasteiger partial charge < -0.3 is 10.6 Å². The van der Waals surface area contributed by atoms with Gasteiger partial charge in [0.15, 0.2) is 0 Å². The van der Waals surface area contributed by atoms with Gasteiger partial charge in [0.1, 0.15) is 5.69 Å². The minimum absolute atomic E-state index is 0.109. The van der Waals surface area contributed by atoms with Crippen LogP contribution in [0.15, 0.2) is 29.6 Å². The fourth-order valence-electron chi connectivity index (χ4n) is 2.03. The highest BCUT2D eigenvalue weighted by molar-refractivity contribution is 7.09. The molecule has 6 heteroatoms. The number of halogens is 1. The molecule has 1 amide bonds. The van der Waals surface area contributed by atoms with Crippen molar-refractivity contribution < 1.29 is 4.79 Å². The minimum atomic E-state index is -0.120. The number of nitrogens with two attached hydrogens (primary N) is 1. The SMILES string of the molecule is CC(c1ccccc1Cl)N(C)C(=O)c1csc(CCN)n1. The molecule has 4 nitrogen and oxygen atoms in total. The number of amides is 1. The van der Waals surface area contributed by atoms with Gasteiger partial charge in [-0.1, -0.05) is 29.8 Å². The van der Waals surface area contributed by atoms with E-state index in [1.165, 1.54) is 11.3 Å². The predicted octanol–water partition coefficient (Wildman–Crippen LogP) is 3.13. The van der Waals surface area contributed by atoms with E-state index < -0.39 is 0 Å². The highest BCUT2D eigenvalue weighted by atomic mass is 35.5. The van der Waals surface area contributed by atoms with E-state index in [-0.39, 0.29) is 11.9 Å². The third-order valence-corrected chi connectivity index (χ3v) is 4.64. The van der Waals surface area contributed by atoms with Crippen molar-refractivity contribution in [2.45, 2.75) is 19.4 Å². The molecule has 21 heavy (non-hydrogen) atoms. The van der Waals surface area contributed by atoms with Crippen LogP contribution in [0.25, 0.3) is 0 Å². The summed E-state index contributed by atoms with van der Waals surface area (Å²) in [6.07, 6.45) is 0.696. The van der Waals surface area contributed by atoms with Gasteiger partial charge in [0.05, 0.1) is 11.0 Å². The summed E-state index contributed by atoms with van der Waals surface area (Å²) >= 11 is 7.66. The molecule has 2 N–H and O–H groups in total. The van der Waals surface area contributed by atoms with Crippen molar-refractivity contribution in [1.29, 1.82) is 0 Å². The molecule has 0 aliphatic rings. The van der Waals surface area contributed by atoms with Crippen LogP contribution in [-0.2, 0) is 6.42 Å². The Kier molecular flexibility index (Phi) is 5.33. The number of thiazole rings is 1. The van der Waals surface area contributed by atoms with Crippen molar-refractivity contribution >= 4 is 28.8 Å². The predicted molar refractivity (Wildman–Crippen MR) is 86.8 cm³/mol. The molecule has 0 aliphatic carbocycles. The van der Waals surface area contributed by atoms with Crippen LogP contribution in [0.4, 0.5) is 0 Å². The standard InChI is InChI=1S/C15H18ClN3OS/c1-10(11-5-3-4-6-12(11)16)19(2)15(20)13-9-21-14(18-13)7-8-17/h3-6,9-10H,7-8,17H2,1-2H3. The number of aromatic nitrogens is 1. The second kappa shape index (κ2) is 7.02. The summed E-state index contributed by atoms with van der Waals surface area (Å²) in [6, 6.07) is 7.43. The largest absolute Gasteiger partial charge is 0.334 e. The third-order valence-electron chi connectivity index (χ3n) is 3.39. The van der Waals surface area contributed by atoms with Gasteiger partial charge in [-0.05, 0) is 25.1 Å². The normalized spacial score (nSPS) is 12.2. The van der Waals surface area contributed by atoms with Crippen molar-refractivity contribution in [3.8, 4) is 0 Å². The highest BCUT2D eigenvalue weighted by Crippen LogP contribution is 2.27. The van der Waals surface area contributed by atoms with E-state index in [0.717, 1.165) is 10.6 Å².